The van der Waals surface area contributed by atoms with E-state index in [0.29, 0.717) is 6.42 Å². The van der Waals surface area contributed by atoms with Gasteiger partial charge in [-0.05, 0) is 23.5 Å². The van der Waals surface area contributed by atoms with Gasteiger partial charge in [-0.1, -0.05) is 74.5 Å². The molecule has 0 fully saturated rings. The Kier molecular flexibility index (Phi) is 11.6. The van der Waals surface area contributed by atoms with Crippen LogP contribution in [-0.2, 0) is 22.4 Å². The minimum Gasteiger partial charge on any atom is -0.426 e. The second-order valence-corrected chi connectivity index (χ2v) is 9.84. The Balaban J connectivity index is 1.77. The minimum absolute atomic E-state index is 0.0856. The number of nitrogens with zero attached hydrogens (tertiary/aromatic N) is 2. The molecule has 0 aliphatic heterocycles. The maximum Gasteiger partial charge on any atom is 0.475 e. The molecule has 0 saturated carbocycles. The summed E-state index contributed by atoms with van der Waals surface area (Å²) in [7, 11) is -1.77. The summed E-state index contributed by atoms with van der Waals surface area (Å²) in [4.78, 5) is 47.6. The third-order valence-electron chi connectivity index (χ3n) is 6.04. The van der Waals surface area contributed by atoms with Gasteiger partial charge >= 0.3 is 13.1 Å². The standard InChI is InChI=1S/C28H35BN6O5/c1-19(2)15-24(29(39)40)34-26(36)22(16-20-9-5-3-6-10-20)32-28(38)33-23(17-21-11-7-4-8-12-21)27(37)35-25-18-30-13-14-31-25/h3-14,18-19,22-24,39-40H,15-17H2,1-2H3,(H,34,36)(H,31,35,37)(H2,32,33,38)/t22-,23-,24-/m0/s1. The molecule has 1 aromatic heterocycles. The van der Waals surface area contributed by atoms with Gasteiger partial charge in [0.15, 0.2) is 5.82 Å². The van der Waals surface area contributed by atoms with Gasteiger partial charge in [-0.2, -0.15) is 0 Å². The predicted octanol–water partition coefficient (Wildman–Crippen LogP) is 1.48. The SMILES string of the molecule is CC(C)C[C@H](NC(=O)[C@H](Cc1ccccc1)NC(=O)N[C@@H](Cc1ccccc1)C(=O)Nc1cnccn1)B(O)O. The van der Waals surface area contributed by atoms with Crippen molar-refractivity contribution in [2.75, 3.05) is 5.32 Å². The summed E-state index contributed by atoms with van der Waals surface area (Å²) < 4.78 is 0. The number of nitrogens with one attached hydrogen (secondary N) is 4. The van der Waals surface area contributed by atoms with Gasteiger partial charge in [0.25, 0.3) is 0 Å². The Bertz CT molecular complexity index is 1220. The lowest BCUT2D eigenvalue weighted by Gasteiger charge is -2.25. The molecule has 0 unspecified atom stereocenters. The lowest BCUT2D eigenvalue weighted by atomic mass is 9.75. The van der Waals surface area contributed by atoms with Crippen LogP contribution in [0.5, 0.6) is 0 Å². The lowest BCUT2D eigenvalue weighted by molar-refractivity contribution is -0.123. The molecule has 3 atom stereocenters. The molecular formula is C28H35BN6O5. The topological polar surface area (TPSA) is 166 Å². The second-order valence-electron chi connectivity index (χ2n) is 9.84. The third-order valence-corrected chi connectivity index (χ3v) is 6.04. The number of anilines is 1. The van der Waals surface area contributed by atoms with E-state index in [0.717, 1.165) is 11.1 Å². The highest BCUT2D eigenvalue weighted by atomic mass is 16.4. The normalized spacial score (nSPS) is 13.0. The largest absolute Gasteiger partial charge is 0.475 e. The van der Waals surface area contributed by atoms with E-state index in [1.807, 2.05) is 74.5 Å². The maximum atomic E-state index is 13.3. The van der Waals surface area contributed by atoms with Crippen molar-refractivity contribution in [3.63, 3.8) is 0 Å². The van der Waals surface area contributed by atoms with Crippen LogP contribution >= 0.6 is 0 Å². The fourth-order valence-electron chi connectivity index (χ4n) is 4.10. The molecule has 0 spiro atoms. The van der Waals surface area contributed by atoms with Crippen molar-refractivity contribution in [1.29, 1.82) is 0 Å². The van der Waals surface area contributed by atoms with E-state index in [1.165, 1.54) is 18.6 Å². The van der Waals surface area contributed by atoms with Crippen molar-refractivity contribution < 1.29 is 24.4 Å². The smallest absolute Gasteiger partial charge is 0.426 e. The van der Waals surface area contributed by atoms with Crippen LogP contribution in [-0.4, -0.2) is 63.0 Å². The van der Waals surface area contributed by atoms with Crippen LogP contribution in [0.25, 0.3) is 0 Å². The first-order valence-corrected chi connectivity index (χ1v) is 13.1. The van der Waals surface area contributed by atoms with Crippen LogP contribution in [0.2, 0.25) is 0 Å². The highest BCUT2D eigenvalue weighted by Gasteiger charge is 2.31. The Morgan fingerprint density at radius 1 is 0.800 bits per heavy atom. The summed E-state index contributed by atoms with van der Waals surface area (Å²) in [6.07, 6.45) is 4.96. The van der Waals surface area contributed by atoms with Crippen molar-refractivity contribution in [3.05, 3.63) is 90.4 Å². The highest BCUT2D eigenvalue weighted by Crippen LogP contribution is 2.10. The molecule has 1 heterocycles. The number of benzene rings is 2. The summed E-state index contributed by atoms with van der Waals surface area (Å²) in [5.41, 5.74) is 1.60. The number of urea groups is 1. The number of amides is 4. The first-order valence-electron chi connectivity index (χ1n) is 13.1. The first-order chi connectivity index (χ1) is 19.2. The molecule has 12 heteroatoms. The van der Waals surface area contributed by atoms with Crippen molar-refractivity contribution in [2.24, 2.45) is 5.92 Å². The van der Waals surface area contributed by atoms with E-state index in [-0.39, 0.29) is 24.6 Å². The molecule has 0 aliphatic carbocycles. The predicted molar refractivity (Wildman–Crippen MR) is 152 cm³/mol. The van der Waals surface area contributed by atoms with E-state index >= 15 is 0 Å². The molecular weight excluding hydrogens is 511 g/mol. The number of rotatable bonds is 13. The average Bonchev–Trinajstić information content (AvgIpc) is 2.93. The van der Waals surface area contributed by atoms with Crippen LogP contribution < -0.4 is 21.3 Å². The molecule has 0 bridgehead atoms. The van der Waals surface area contributed by atoms with Crippen molar-refractivity contribution >= 4 is 30.8 Å². The summed E-state index contributed by atoms with van der Waals surface area (Å²) >= 11 is 0. The molecule has 3 aromatic rings. The molecule has 40 heavy (non-hydrogen) atoms. The summed E-state index contributed by atoms with van der Waals surface area (Å²) in [5, 5.41) is 30.2. The molecule has 210 valence electrons. The summed E-state index contributed by atoms with van der Waals surface area (Å²) in [6, 6.07) is 15.5. The number of hydrogen-bond donors (Lipinski definition) is 6. The zero-order valence-electron chi connectivity index (χ0n) is 22.5. The maximum absolute atomic E-state index is 13.3. The summed E-state index contributed by atoms with van der Waals surface area (Å²) in [5.74, 6) is -1.69. The van der Waals surface area contributed by atoms with Gasteiger partial charge in [0.2, 0.25) is 11.8 Å². The molecule has 2 aromatic carbocycles. The van der Waals surface area contributed by atoms with Crippen LogP contribution in [0, 0.1) is 5.92 Å². The van der Waals surface area contributed by atoms with Gasteiger partial charge in [-0.25, -0.2) is 9.78 Å². The van der Waals surface area contributed by atoms with E-state index in [9.17, 15) is 24.4 Å². The molecule has 6 N–H and O–H groups in total. The number of aromatic nitrogens is 2. The van der Waals surface area contributed by atoms with Gasteiger partial charge in [0.1, 0.15) is 12.1 Å². The van der Waals surface area contributed by atoms with Gasteiger partial charge < -0.3 is 31.3 Å². The molecule has 4 amide bonds. The number of carbonyl (C=O) groups excluding carboxylic acids is 3. The highest BCUT2D eigenvalue weighted by molar-refractivity contribution is 6.43. The molecule has 0 saturated heterocycles. The van der Waals surface area contributed by atoms with Crippen LogP contribution in [0.4, 0.5) is 10.6 Å². The zero-order valence-corrected chi connectivity index (χ0v) is 22.5. The van der Waals surface area contributed by atoms with Gasteiger partial charge in [-0.3, -0.25) is 14.6 Å². The summed E-state index contributed by atoms with van der Waals surface area (Å²) in [6.45, 7) is 3.79. The van der Waals surface area contributed by atoms with Crippen molar-refractivity contribution in [1.82, 2.24) is 25.9 Å². The fraction of sp³-hybridized carbons (Fsp3) is 0.321. The lowest BCUT2D eigenvalue weighted by Crippen LogP contribution is -2.58. The minimum atomic E-state index is -1.77. The Morgan fingerprint density at radius 3 is 1.82 bits per heavy atom. The van der Waals surface area contributed by atoms with Gasteiger partial charge in [-0.15, -0.1) is 0 Å². The molecule has 11 nitrogen and oxygen atoms in total. The number of hydrogen-bond acceptors (Lipinski definition) is 7. The van der Waals surface area contributed by atoms with Crippen molar-refractivity contribution in [3.8, 4) is 0 Å². The van der Waals surface area contributed by atoms with Crippen LogP contribution in [0.3, 0.4) is 0 Å². The Hall–Kier alpha value is -4.29. The Morgan fingerprint density at radius 2 is 1.35 bits per heavy atom. The van der Waals surface area contributed by atoms with Crippen LogP contribution in [0.1, 0.15) is 31.4 Å². The third kappa shape index (κ3) is 10.1. The molecule has 3 rings (SSSR count). The van der Waals surface area contributed by atoms with E-state index in [4.69, 9.17) is 0 Å². The van der Waals surface area contributed by atoms with E-state index in [1.54, 1.807) is 0 Å². The zero-order chi connectivity index (χ0) is 28.9. The van der Waals surface area contributed by atoms with E-state index in [2.05, 4.69) is 31.2 Å². The quantitative estimate of drug-likeness (QED) is 0.177. The fourth-order valence-corrected chi connectivity index (χ4v) is 4.10. The number of carbonyl (C=O) groups is 3. The molecule has 0 aliphatic rings. The monoisotopic (exact) mass is 546 g/mol. The molecule has 0 radical (unpaired) electrons. The van der Waals surface area contributed by atoms with E-state index < -0.39 is 43.0 Å². The average molecular weight is 546 g/mol. The van der Waals surface area contributed by atoms with Gasteiger partial charge in [0.05, 0.1) is 12.1 Å². The van der Waals surface area contributed by atoms with Crippen molar-refractivity contribution in [2.45, 2.75) is 51.1 Å². The first kappa shape index (κ1) is 30.3. The van der Waals surface area contributed by atoms with Gasteiger partial charge in [0, 0.05) is 25.2 Å². The second kappa shape index (κ2) is 15.3. The van der Waals surface area contributed by atoms with Crippen LogP contribution in [0.15, 0.2) is 79.3 Å². The Labute approximate surface area is 234 Å².